The highest BCUT2D eigenvalue weighted by atomic mass is 32.1. The van der Waals surface area contributed by atoms with Crippen LogP contribution < -0.4 is 5.73 Å². The molecule has 0 saturated carbocycles. The van der Waals surface area contributed by atoms with Crippen LogP contribution in [0.25, 0.3) is 0 Å². The van der Waals surface area contributed by atoms with Crippen molar-refractivity contribution in [1.29, 1.82) is 0 Å². The molecular weight excluding hydrogens is 218 g/mol. The minimum Gasteiger partial charge on any atom is -0.330 e. The van der Waals surface area contributed by atoms with Crippen LogP contribution in [0.2, 0.25) is 0 Å². The third kappa shape index (κ3) is 1.54. The van der Waals surface area contributed by atoms with Crippen LogP contribution >= 0.6 is 11.3 Å². The molecule has 0 fully saturated rings. The van der Waals surface area contributed by atoms with Crippen molar-refractivity contribution < 1.29 is 0 Å². The summed E-state index contributed by atoms with van der Waals surface area (Å²) in [7, 11) is 0. The second kappa shape index (κ2) is 3.96. The maximum atomic E-state index is 5.51. The van der Waals surface area contributed by atoms with E-state index >= 15 is 0 Å². The van der Waals surface area contributed by atoms with Crippen molar-refractivity contribution in [3.63, 3.8) is 0 Å². The van der Waals surface area contributed by atoms with Gasteiger partial charge in [0.25, 0.3) is 0 Å². The monoisotopic (exact) mass is 231 g/mol. The molecule has 0 radical (unpaired) electrons. The fourth-order valence-electron chi connectivity index (χ4n) is 2.11. The first-order chi connectivity index (χ1) is 7.88. The molecule has 4 heteroatoms. The summed E-state index contributed by atoms with van der Waals surface area (Å²) in [5.41, 5.74) is 8.37. The summed E-state index contributed by atoms with van der Waals surface area (Å²) >= 11 is 1.70. The fraction of sp³-hybridized carbons (Fsp3) is 0.333. The molecule has 82 valence electrons. The van der Waals surface area contributed by atoms with Gasteiger partial charge in [-0.1, -0.05) is 24.3 Å². The number of nitrogens with two attached hydrogens (primary N) is 1. The van der Waals surface area contributed by atoms with E-state index in [2.05, 4.69) is 34.5 Å². The zero-order valence-electron chi connectivity index (χ0n) is 8.89. The maximum Gasteiger partial charge on any atom is 0.125 e. The van der Waals surface area contributed by atoms with Gasteiger partial charge in [-0.15, -0.1) is 21.5 Å². The molecule has 1 aliphatic rings. The molecule has 1 unspecified atom stereocenters. The molecule has 3 nitrogen and oxygen atoms in total. The molecule has 0 saturated heterocycles. The summed E-state index contributed by atoms with van der Waals surface area (Å²) < 4.78 is 0. The molecule has 3 rings (SSSR count). The first-order valence-electron chi connectivity index (χ1n) is 5.48. The molecule has 1 aromatic heterocycles. The highest BCUT2D eigenvalue weighted by Gasteiger charge is 2.29. The van der Waals surface area contributed by atoms with Crippen LogP contribution in [-0.4, -0.2) is 16.7 Å². The third-order valence-corrected chi connectivity index (χ3v) is 4.09. The van der Waals surface area contributed by atoms with Gasteiger partial charge in [-0.2, -0.15) is 0 Å². The lowest BCUT2D eigenvalue weighted by Crippen LogP contribution is -2.17. The highest BCUT2D eigenvalue weighted by molar-refractivity contribution is 7.11. The van der Waals surface area contributed by atoms with E-state index in [0.717, 1.165) is 22.9 Å². The van der Waals surface area contributed by atoms with E-state index in [4.69, 9.17) is 5.73 Å². The van der Waals surface area contributed by atoms with Gasteiger partial charge < -0.3 is 5.73 Å². The maximum absolute atomic E-state index is 5.51. The molecule has 0 bridgehead atoms. The predicted molar refractivity (Wildman–Crippen MR) is 64.7 cm³/mol. The molecular formula is C12H13N3S. The Morgan fingerprint density at radius 3 is 3.00 bits per heavy atom. The molecule has 0 amide bonds. The van der Waals surface area contributed by atoms with Crippen molar-refractivity contribution in [2.45, 2.75) is 18.8 Å². The van der Waals surface area contributed by atoms with Gasteiger partial charge in [-0.05, 0) is 24.1 Å². The Balaban J connectivity index is 1.85. The number of benzene rings is 1. The number of hydrogen-bond donors (Lipinski definition) is 1. The van der Waals surface area contributed by atoms with Crippen molar-refractivity contribution >= 4 is 11.3 Å². The third-order valence-electron chi connectivity index (χ3n) is 2.99. The van der Waals surface area contributed by atoms with E-state index in [1.165, 1.54) is 11.1 Å². The molecule has 2 N–H and O–H groups in total. The van der Waals surface area contributed by atoms with E-state index in [1.807, 2.05) is 0 Å². The van der Waals surface area contributed by atoms with Crippen LogP contribution in [0.4, 0.5) is 0 Å². The smallest absolute Gasteiger partial charge is 0.125 e. The summed E-state index contributed by atoms with van der Waals surface area (Å²) in [5.74, 6) is 0.472. The van der Waals surface area contributed by atoms with Gasteiger partial charge in [0.05, 0.1) is 0 Å². The predicted octanol–water partition coefficient (Wildman–Crippen LogP) is 1.73. The van der Waals surface area contributed by atoms with Crippen LogP contribution in [0.15, 0.2) is 24.3 Å². The molecule has 1 atom stereocenters. The topological polar surface area (TPSA) is 51.8 Å². The fourth-order valence-corrected chi connectivity index (χ4v) is 3.09. The standard InChI is InChI=1S/C12H13N3S/c13-6-5-11-14-15-12(16-11)10-7-8-3-1-2-4-9(8)10/h1-4,10H,5-7,13H2. The van der Waals surface area contributed by atoms with E-state index in [0.29, 0.717) is 12.5 Å². The lowest BCUT2D eigenvalue weighted by Gasteiger charge is -2.27. The number of nitrogens with zero attached hydrogens (tertiary/aromatic N) is 2. The summed E-state index contributed by atoms with van der Waals surface area (Å²) in [4.78, 5) is 0. The zero-order chi connectivity index (χ0) is 11.0. The number of rotatable bonds is 3. The Kier molecular flexibility index (Phi) is 2.46. The Bertz CT molecular complexity index is 506. The first-order valence-corrected chi connectivity index (χ1v) is 6.30. The van der Waals surface area contributed by atoms with Crippen molar-refractivity contribution in [2.24, 2.45) is 5.73 Å². The van der Waals surface area contributed by atoms with Crippen LogP contribution in [0, 0.1) is 0 Å². The Hall–Kier alpha value is -1.26. The lowest BCUT2D eigenvalue weighted by molar-refractivity contribution is 0.691. The molecule has 1 aromatic carbocycles. The normalized spacial score (nSPS) is 17.9. The van der Waals surface area contributed by atoms with Crippen molar-refractivity contribution in [2.75, 3.05) is 6.54 Å². The minimum absolute atomic E-state index is 0.472. The Morgan fingerprint density at radius 1 is 1.31 bits per heavy atom. The SMILES string of the molecule is NCCc1nnc(C2Cc3ccccc32)s1. The van der Waals surface area contributed by atoms with Gasteiger partial charge in [-0.25, -0.2) is 0 Å². The molecule has 1 heterocycles. The van der Waals surface area contributed by atoms with Crippen LogP contribution in [0.5, 0.6) is 0 Å². The lowest BCUT2D eigenvalue weighted by atomic mass is 9.78. The summed E-state index contributed by atoms with van der Waals surface area (Å²) in [6, 6.07) is 8.56. The second-order valence-corrected chi connectivity index (χ2v) is 5.12. The average Bonchev–Trinajstić information content (AvgIpc) is 2.69. The van der Waals surface area contributed by atoms with Gasteiger partial charge in [0.15, 0.2) is 0 Å². The molecule has 0 aliphatic heterocycles. The van der Waals surface area contributed by atoms with E-state index < -0.39 is 0 Å². The average molecular weight is 231 g/mol. The first kappa shape index (κ1) is 9.93. The van der Waals surface area contributed by atoms with Gasteiger partial charge >= 0.3 is 0 Å². The minimum atomic E-state index is 0.472. The van der Waals surface area contributed by atoms with Crippen molar-refractivity contribution in [3.05, 3.63) is 45.4 Å². The summed E-state index contributed by atoms with van der Waals surface area (Å²) in [6.45, 7) is 0.649. The quantitative estimate of drug-likeness (QED) is 0.875. The number of aromatic nitrogens is 2. The van der Waals surface area contributed by atoms with E-state index in [9.17, 15) is 0 Å². The van der Waals surface area contributed by atoms with E-state index in [-0.39, 0.29) is 0 Å². The molecule has 0 spiro atoms. The molecule has 1 aliphatic carbocycles. The van der Waals surface area contributed by atoms with Crippen molar-refractivity contribution in [3.8, 4) is 0 Å². The van der Waals surface area contributed by atoms with Crippen molar-refractivity contribution in [1.82, 2.24) is 10.2 Å². The highest BCUT2D eigenvalue weighted by Crippen LogP contribution is 2.40. The van der Waals surface area contributed by atoms with Gasteiger partial charge in [0.2, 0.25) is 0 Å². The summed E-state index contributed by atoms with van der Waals surface area (Å²) in [6.07, 6.45) is 1.94. The summed E-state index contributed by atoms with van der Waals surface area (Å²) in [5, 5.41) is 10.6. The number of fused-ring (bicyclic) bond motifs is 1. The largest absolute Gasteiger partial charge is 0.330 e. The zero-order valence-corrected chi connectivity index (χ0v) is 9.70. The Labute approximate surface area is 98.3 Å². The number of hydrogen-bond acceptors (Lipinski definition) is 4. The van der Waals surface area contributed by atoms with Crippen LogP contribution in [0.1, 0.15) is 27.1 Å². The van der Waals surface area contributed by atoms with Gasteiger partial charge in [0, 0.05) is 12.3 Å². The van der Waals surface area contributed by atoms with Gasteiger partial charge in [-0.3, -0.25) is 0 Å². The van der Waals surface area contributed by atoms with E-state index in [1.54, 1.807) is 11.3 Å². The molecule has 2 aromatic rings. The molecule has 16 heavy (non-hydrogen) atoms. The van der Waals surface area contributed by atoms with Crippen LogP contribution in [-0.2, 0) is 12.8 Å². The second-order valence-electron chi connectivity index (χ2n) is 4.03. The van der Waals surface area contributed by atoms with Crippen LogP contribution in [0.3, 0.4) is 0 Å². The van der Waals surface area contributed by atoms with Gasteiger partial charge in [0.1, 0.15) is 10.0 Å². The Morgan fingerprint density at radius 2 is 2.19 bits per heavy atom.